The summed E-state index contributed by atoms with van der Waals surface area (Å²) in [5, 5.41) is 20.4. The van der Waals surface area contributed by atoms with E-state index in [2.05, 4.69) is 0 Å². The van der Waals surface area contributed by atoms with Gasteiger partial charge in [0.05, 0.1) is 29.4 Å². The SMILES string of the molecule is CCCC(O)C(O)CCc1cc(Cl)c(OC)c(Cl)c1. The molecule has 0 amide bonds. The van der Waals surface area contributed by atoms with E-state index in [9.17, 15) is 10.2 Å². The van der Waals surface area contributed by atoms with Gasteiger partial charge in [-0.25, -0.2) is 0 Å². The van der Waals surface area contributed by atoms with E-state index in [0.29, 0.717) is 35.1 Å². The quantitative estimate of drug-likeness (QED) is 0.811. The molecule has 0 aliphatic carbocycles. The molecule has 0 saturated heterocycles. The third kappa shape index (κ3) is 4.84. The first-order valence-corrected chi connectivity index (χ1v) is 7.13. The molecule has 3 nitrogen and oxygen atoms in total. The van der Waals surface area contributed by atoms with Crippen molar-refractivity contribution < 1.29 is 14.9 Å². The zero-order valence-electron chi connectivity index (χ0n) is 11.2. The van der Waals surface area contributed by atoms with Crippen LogP contribution in [0.1, 0.15) is 31.7 Å². The number of aliphatic hydroxyl groups is 2. The summed E-state index contributed by atoms with van der Waals surface area (Å²) in [5.74, 6) is 0.457. The lowest BCUT2D eigenvalue weighted by atomic mass is 10.0. The van der Waals surface area contributed by atoms with Crippen LogP contribution in [0.3, 0.4) is 0 Å². The Labute approximate surface area is 124 Å². The van der Waals surface area contributed by atoms with Gasteiger partial charge < -0.3 is 14.9 Å². The highest BCUT2D eigenvalue weighted by Crippen LogP contribution is 2.34. The summed E-state index contributed by atoms with van der Waals surface area (Å²) < 4.78 is 5.07. The average Bonchev–Trinajstić information content (AvgIpc) is 2.36. The first-order chi connectivity index (χ1) is 8.99. The Morgan fingerprint density at radius 1 is 1.11 bits per heavy atom. The van der Waals surface area contributed by atoms with E-state index in [1.54, 1.807) is 12.1 Å². The molecule has 2 unspecified atom stereocenters. The second-order valence-corrected chi connectivity index (χ2v) is 5.37. The molecule has 2 atom stereocenters. The molecule has 1 rings (SSSR count). The van der Waals surface area contributed by atoms with Crippen LogP contribution in [0.4, 0.5) is 0 Å². The number of ether oxygens (including phenoxy) is 1. The fourth-order valence-electron chi connectivity index (χ4n) is 1.95. The predicted octanol–water partition coefficient (Wildman–Crippen LogP) is 3.46. The summed E-state index contributed by atoms with van der Waals surface area (Å²) in [6.07, 6.45) is 1.13. The maximum absolute atomic E-state index is 9.81. The van der Waals surface area contributed by atoms with Crippen molar-refractivity contribution in [3.05, 3.63) is 27.7 Å². The molecular weight excluding hydrogens is 287 g/mol. The zero-order valence-corrected chi connectivity index (χ0v) is 12.7. The molecule has 2 N–H and O–H groups in total. The highest BCUT2D eigenvalue weighted by atomic mass is 35.5. The minimum Gasteiger partial charge on any atom is -0.494 e. The normalized spacial score (nSPS) is 14.2. The maximum atomic E-state index is 9.81. The molecule has 19 heavy (non-hydrogen) atoms. The van der Waals surface area contributed by atoms with Crippen molar-refractivity contribution in [2.24, 2.45) is 0 Å². The monoisotopic (exact) mass is 306 g/mol. The Bertz CT molecular complexity index is 387. The molecule has 0 aliphatic heterocycles. The number of benzene rings is 1. The summed E-state index contributed by atoms with van der Waals surface area (Å²) in [6, 6.07) is 3.54. The molecule has 0 fully saturated rings. The van der Waals surface area contributed by atoms with Crippen LogP contribution in [0.5, 0.6) is 5.75 Å². The van der Waals surface area contributed by atoms with Crippen LogP contribution in [0, 0.1) is 0 Å². The van der Waals surface area contributed by atoms with Crippen molar-refractivity contribution in [1.29, 1.82) is 0 Å². The number of methoxy groups -OCH3 is 1. The van der Waals surface area contributed by atoms with E-state index in [-0.39, 0.29) is 0 Å². The summed E-state index contributed by atoms with van der Waals surface area (Å²) >= 11 is 12.1. The summed E-state index contributed by atoms with van der Waals surface area (Å²) in [7, 11) is 1.51. The highest BCUT2D eigenvalue weighted by molar-refractivity contribution is 6.37. The lowest BCUT2D eigenvalue weighted by molar-refractivity contribution is 0.00981. The van der Waals surface area contributed by atoms with Gasteiger partial charge in [0, 0.05) is 0 Å². The Morgan fingerprint density at radius 3 is 2.11 bits per heavy atom. The molecule has 0 radical (unpaired) electrons. The maximum Gasteiger partial charge on any atom is 0.156 e. The highest BCUT2D eigenvalue weighted by Gasteiger charge is 2.16. The lowest BCUT2D eigenvalue weighted by Crippen LogP contribution is -2.26. The molecule has 1 aromatic carbocycles. The Kier molecular flexibility index (Phi) is 6.94. The van der Waals surface area contributed by atoms with E-state index >= 15 is 0 Å². The van der Waals surface area contributed by atoms with Gasteiger partial charge in [-0.3, -0.25) is 0 Å². The molecule has 0 heterocycles. The predicted molar refractivity (Wildman–Crippen MR) is 78.3 cm³/mol. The van der Waals surface area contributed by atoms with Crippen LogP contribution in [-0.4, -0.2) is 29.5 Å². The van der Waals surface area contributed by atoms with E-state index in [0.717, 1.165) is 12.0 Å². The number of hydrogen-bond donors (Lipinski definition) is 2. The third-order valence-electron chi connectivity index (χ3n) is 3.02. The summed E-state index contributed by atoms with van der Waals surface area (Å²) in [6.45, 7) is 1.97. The largest absolute Gasteiger partial charge is 0.494 e. The van der Waals surface area contributed by atoms with Crippen molar-refractivity contribution >= 4 is 23.2 Å². The first kappa shape index (κ1) is 16.6. The molecule has 0 spiro atoms. The third-order valence-corrected chi connectivity index (χ3v) is 3.58. The minimum atomic E-state index is -0.723. The van der Waals surface area contributed by atoms with E-state index in [1.807, 2.05) is 6.92 Å². The van der Waals surface area contributed by atoms with Crippen molar-refractivity contribution in [3.8, 4) is 5.75 Å². The van der Waals surface area contributed by atoms with E-state index in [1.165, 1.54) is 7.11 Å². The smallest absolute Gasteiger partial charge is 0.156 e. The molecule has 0 bridgehead atoms. The molecule has 108 valence electrons. The number of halogens is 2. The number of rotatable bonds is 7. The van der Waals surface area contributed by atoms with Gasteiger partial charge in [-0.05, 0) is 37.0 Å². The second kappa shape index (κ2) is 7.95. The van der Waals surface area contributed by atoms with Crippen LogP contribution >= 0.6 is 23.2 Å². The standard InChI is InChI=1S/C14H20Cl2O3/c1-3-4-12(17)13(18)6-5-9-7-10(15)14(19-2)11(16)8-9/h7-8,12-13,17-18H,3-6H2,1-2H3. The van der Waals surface area contributed by atoms with E-state index < -0.39 is 12.2 Å². The van der Waals surface area contributed by atoms with Crippen LogP contribution in [-0.2, 0) is 6.42 Å². The van der Waals surface area contributed by atoms with Crippen LogP contribution < -0.4 is 4.74 Å². The van der Waals surface area contributed by atoms with Crippen LogP contribution in [0.25, 0.3) is 0 Å². The molecular formula is C14H20Cl2O3. The van der Waals surface area contributed by atoms with Crippen molar-refractivity contribution in [2.45, 2.75) is 44.8 Å². The summed E-state index contributed by atoms with van der Waals surface area (Å²) in [5.41, 5.74) is 0.915. The Balaban J connectivity index is 2.63. The van der Waals surface area contributed by atoms with E-state index in [4.69, 9.17) is 27.9 Å². The second-order valence-electron chi connectivity index (χ2n) is 4.55. The van der Waals surface area contributed by atoms with Crippen LogP contribution in [0.2, 0.25) is 10.0 Å². The van der Waals surface area contributed by atoms with Gasteiger partial charge in [-0.15, -0.1) is 0 Å². The van der Waals surface area contributed by atoms with Crippen LogP contribution in [0.15, 0.2) is 12.1 Å². The lowest BCUT2D eigenvalue weighted by Gasteiger charge is -2.17. The van der Waals surface area contributed by atoms with Gasteiger partial charge in [-0.1, -0.05) is 36.5 Å². The Hall–Kier alpha value is -0.480. The molecule has 0 saturated carbocycles. The first-order valence-electron chi connectivity index (χ1n) is 6.37. The van der Waals surface area contributed by atoms with Gasteiger partial charge in [0.1, 0.15) is 0 Å². The average molecular weight is 307 g/mol. The summed E-state index contributed by atoms with van der Waals surface area (Å²) in [4.78, 5) is 0. The van der Waals surface area contributed by atoms with Gasteiger partial charge in [0.15, 0.2) is 5.75 Å². The molecule has 5 heteroatoms. The van der Waals surface area contributed by atoms with Gasteiger partial charge in [0.2, 0.25) is 0 Å². The van der Waals surface area contributed by atoms with Gasteiger partial charge in [-0.2, -0.15) is 0 Å². The number of aryl methyl sites for hydroxylation is 1. The fourth-order valence-corrected chi connectivity index (χ4v) is 2.63. The zero-order chi connectivity index (χ0) is 14.4. The van der Waals surface area contributed by atoms with Crippen molar-refractivity contribution in [3.63, 3.8) is 0 Å². The molecule has 1 aromatic rings. The molecule has 0 aromatic heterocycles. The Morgan fingerprint density at radius 2 is 1.63 bits per heavy atom. The number of aliphatic hydroxyl groups excluding tert-OH is 2. The topological polar surface area (TPSA) is 49.7 Å². The fraction of sp³-hybridized carbons (Fsp3) is 0.571. The number of hydrogen-bond acceptors (Lipinski definition) is 3. The van der Waals surface area contributed by atoms with Gasteiger partial charge >= 0.3 is 0 Å². The van der Waals surface area contributed by atoms with Crippen molar-refractivity contribution in [2.75, 3.05) is 7.11 Å². The molecule has 0 aliphatic rings. The van der Waals surface area contributed by atoms with Gasteiger partial charge in [0.25, 0.3) is 0 Å². The minimum absolute atomic E-state index is 0.452. The van der Waals surface area contributed by atoms with Crippen molar-refractivity contribution in [1.82, 2.24) is 0 Å².